The van der Waals surface area contributed by atoms with Gasteiger partial charge in [0.25, 0.3) is 0 Å². The first-order chi connectivity index (χ1) is 9.58. The molecule has 0 N–H and O–H groups in total. The standard InChI is InChI=1S/C15H21NO3S/c1-3-19-15(18)10-16(9-12-5-6-12)14(17)8-13-7-4-11(2)20-13/h4,7,12H,3,5-6,8-10H2,1-2H3. The Balaban J connectivity index is 1.93. The molecule has 0 radical (unpaired) electrons. The van der Waals surface area contributed by atoms with E-state index in [2.05, 4.69) is 0 Å². The van der Waals surface area contributed by atoms with Crippen molar-refractivity contribution < 1.29 is 14.3 Å². The number of rotatable bonds is 7. The Labute approximate surface area is 123 Å². The topological polar surface area (TPSA) is 46.6 Å². The van der Waals surface area contributed by atoms with Gasteiger partial charge < -0.3 is 9.64 Å². The first kappa shape index (κ1) is 15.0. The Morgan fingerprint density at radius 2 is 2.15 bits per heavy atom. The summed E-state index contributed by atoms with van der Waals surface area (Å²) in [5, 5.41) is 0. The SMILES string of the molecule is CCOC(=O)CN(CC1CC1)C(=O)Cc1ccc(C)s1. The third kappa shape index (κ3) is 4.63. The summed E-state index contributed by atoms with van der Waals surface area (Å²) in [5.41, 5.74) is 0. The van der Waals surface area contributed by atoms with Crippen molar-refractivity contribution in [3.05, 3.63) is 21.9 Å². The van der Waals surface area contributed by atoms with Crippen LogP contribution in [0.5, 0.6) is 0 Å². The summed E-state index contributed by atoms with van der Waals surface area (Å²) in [6.07, 6.45) is 2.69. The molecule has 5 heteroatoms. The van der Waals surface area contributed by atoms with E-state index < -0.39 is 0 Å². The van der Waals surface area contributed by atoms with Crippen molar-refractivity contribution in [2.75, 3.05) is 19.7 Å². The number of nitrogens with zero attached hydrogens (tertiary/aromatic N) is 1. The lowest BCUT2D eigenvalue weighted by molar-refractivity contribution is -0.148. The molecule has 0 spiro atoms. The molecule has 0 saturated heterocycles. The molecule has 1 saturated carbocycles. The van der Waals surface area contributed by atoms with Crippen LogP contribution in [0.3, 0.4) is 0 Å². The second-order valence-corrected chi connectivity index (χ2v) is 6.58. The first-order valence-corrected chi connectivity index (χ1v) is 7.89. The summed E-state index contributed by atoms with van der Waals surface area (Å²) in [5.74, 6) is 0.272. The van der Waals surface area contributed by atoms with Gasteiger partial charge >= 0.3 is 5.97 Å². The van der Waals surface area contributed by atoms with Gasteiger partial charge in [0.2, 0.25) is 5.91 Å². The van der Waals surface area contributed by atoms with Crippen LogP contribution in [0.15, 0.2) is 12.1 Å². The lowest BCUT2D eigenvalue weighted by Gasteiger charge is -2.21. The number of hydrogen-bond acceptors (Lipinski definition) is 4. The average Bonchev–Trinajstić information content (AvgIpc) is 3.11. The molecular weight excluding hydrogens is 274 g/mol. The fraction of sp³-hybridized carbons (Fsp3) is 0.600. The molecule has 0 unspecified atom stereocenters. The Hall–Kier alpha value is -1.36. The number of amides is 1. The van der Waals surface area contributed by atoms with Gasteiger partial charge in [0.15, 0.2) is 0 Å². The van der Waals surface area contributed by atoms with E-state index >= 15 is 0 Å². The van der Waals surface area contributed by atoms with Gasteiger partial charge in [0.05, 0.1) is 13.0 Å². The molecule has 2 rings (SSSR count). The summed E-state index contributed by atoms with van der Waals surface area (Å²) >= 11 is 1.63. The Kier molecular flexibility index (Phi) is 5.17. The minimum absolute atomic E-state index is 0.0202. The molecule has 20 heavy (non-hydrogen) atoms. The van der Waals surface area contributed by atoms with Gasteiger partial charge in [-0.15, -0.1) is 11.3 Å². The van der Waals surface area contributed by atoms with Gasteiger partial charge in [-0.2, -0.15) is 0 Å². The highest BCUT2D eigenvalue weighted by Gasteiger charge is 2.28. The molecule has 0 bridgehead atoms. The minimum Gasteiger partial charge on any atom is -0.465 e. The Morgan fingerprint density at radius 3 is 2.70 bits per heavy atom. The van der Waals surface area contributed by atoms with Gasteiger partial charge in [-0.3, -0.25) is 9.59 Å². The maximum atomic E-state index is 12.3. The number of esters is 1. The summed E-state index contributed by atoms with van der Waals surface area (Å²) in [7, 11) is 0. The van der Waals surface area contributed by atoms with Crippen molar-refractivity contribution in [1.82, 2.24) is 4.90 Å². The maximum Gasteiger partial charge on any atom is 0.325 e. The second-order valence-electron chi connectivity index (χ2n) is 5.21. The number of carbonyl (C=O) groups is 2. The zero-order chi connectivity index (χ0) is 14.5. The van der Waals surface area contributed by atoms with E-state index in [1.165, 1.54) is 4.88 Å². The highest BCUT2D eigenvalue weighted by atomic mass is 32.1. The van der Waals surface area contributed by atoms with Crippen LogP contribution in [0, 0.1) is 12.8 Å². The Bertz CT molecular complexity index is 479. The summed E-state index contributed by atoms with van der Waals surface area (Å²) in [6, 6.07) is 4.00. The lowest BCUT2D eigenvalue weighted by atomic mass is 10.2. The molecule has 1 aromatic rings. The molecule has 1 aliphatic carbocycles. The minimum atomic E-state index is -0.316. The van der Waals surface area contributed by atoms with E-state index in [4.69, 9.17) is 4.74 Å². The van der Waals surface area contributed by atoms with Gasteiger partial charge in [-0.25, -0.2) is 0 Å². The van der Waals surface area contributed by atoms with Crippen molar-refractivity contribution in [3.63, 3.8) is 0 Å². The van der Waals surface area contributed by atoms with Gasteiger partial charge in [-0.05, 0) is 44.7 Å². The van der Waals surface area contributed by atoms with Gasteiger partial charge in [0, 0.05) is 16.3 Å². The van der Waals surface area contributed by atoms with Crippen LogP contribution in [0.4, 0.5) is 0 Å². The quantitative estimate of drug-likeness (QED) is 0.726. The lowest BCUT2D eigenvalue weighted by Crippen LogP contribution is -2.38. The van der Waals surface area contributed by atoms with E-state index in [0.717, 1.165) is 17.7 Å². The zero-order valence-electron chi connectivity index (χ0n) is 12.1. The van der Waals surface area contributed by atoms with Crippen molar-refractivity contribution in [1.29, 1.82) is 0 Å². The summed E-state index contributed by atoms with van der Waals surface area (Å²) in [4.78, 5) is 27.9. The number of hydrogen-bond donors (Lipinski definition) is 0. The zero-order valence-corrected chi connectivity index (χ0v) is 12.9. The van der Waals surface area contributed by atoms with Crippen LogP contribution in [-0.4, -0.2) is 36.5 Å². The molecule has 4 nitrogen and oxygen atoms in total. The Morgan fingerprint density at radius 1 is 1.40 bits per heavy atom. The number of ether oxygens (including phenoxy) is 1. The van der Waals surface area contributed by atoms with E-state index in [1.807, 2.05) is 19.1 Å². The molecule has 1 fully saturated rings. The van der Waals surface area contributed by atoms with Crippen LogP contribution in [0.1, 0.15) is 29.5 Å². The molecule has 1 amide bonds. The number of aryl methyl sites for hydroxylation is 1. The highest BCUT2D eigenvalue weighted by molar-refractivity contribution is 7.12. The monoisotopic (exact) mass is 295 g/mol. The smallest absolute Gasteiger partial charge is 0.325 e. The van der Waals surface area contributed by atoms with Crippen molar-refractivity contribution in [2.24, 2.45) is 5.92 Å². The summed E-state index contributed by atoms with van der Waals surface area (Å²) < 4.78 is 4.95. The van der Waals surface area contributed by atoms with Crippen LogP contribution < -0.4 is 0 Å². The molecule has 110 valence electrons. The number of thiophene rings is 1. The fourth-order valence-electron chi connectivity index (χ4n) is 2.07. The largest absolute Gasteiger partial charge is 0.465 e. The average molecular weight is 295 g/mol. The first-order valence-electron chi connectivity index (χ1n) is 7.07. The van der Waals surface area contributed by atoms with Crippen LogP contribution in [0.2, 0.25) is 0 Å². The van der Waals surface area contributed by atoms with Crippen molar-refractivity contribution in [3.8, 4) is 0 Å². The predicted molar refractivity (Wildman–Crippen MR) is 78.7 cm³/mol. The predicted octanol–water partition coefficient (Wildman–Crippen LogP) is 2.40. The second kappa shape index (κ2) is 6.88. The molecular formula is C15H21NO3S. The fourth-order valence-corrected chi connectivity index (χ4v) is 2.95. The van der Waals surface area contributed by atoms with Crippen LogP contribution in [-0.2, 0) is 20.7 Å². The van der Waals surface area contributed by atoms with E-state index in [0.29, 0.717) is 25.5 Å². The van der Waals surface area contributed by atoms with Gasteiger partial charge in [0.1, 0.15) is 6.54 Å². The van der Waals surface area contributed by atoms with Gasteiger partial charge in [-0.1, -0.05) is 0 Å². The van der Waals surface area contributed by atoms with E-state index in [-0.39, 0.29) is 18.4 Å². The van der Waals surface area contributed by atoms with Crippen molar-refractivity contribution >= 4 is 23.2 Å². The molecule has 1 heterocycles. The molecule has 0 atom stereocenters. The summed E-state index contributed by atoms with van der Waals surface area (Å²) in [6.45, 7) is 4.92. The van der Waals surface area contributed by atoms with Crippen LogP contribution in [0.25, 0.3) is 0 Å². The third-order valence-corrected chi connectivity index (χ3v) is 4.28. The van der Waals surface area contributed by atoms with Crippen molar-refractivity contribution in [2.45, 2.75) is 33.1 Å². The van der Waals surface area contributed by atoms with Crippen LogP contribution >= 0.6 is 11.3 Å². The highest BCUT2D eigenvalue weighted by Crippen LogP contribution is 2.30. The molecule has 0 aromatic carbocycles. The molecule has 0 aliphatic heterocycles. The molecule has 1 aliphatic rings. The third-order valence-electron chi connectivity index (χ3n) is 3.27. The maximum absolute atomic E-state index is 12.3. The van der Waals surface area contributed by atoms with E-state index in [1.54, 1.807) is 23.2 Å². The molecule has 1 aromatic heterocycles. The normalized spacial score (nSPS) is 14.1. The number of carbonyl (C=O) groups excluding carboxylic acids is 2. The van der Waals surface area contributed by atoms with E-state index in [9.17, 15) is 9.59 Å².